The smallest absolute Gasteiger partial charge is 0.332 e. The van der Waals surface area contributed by atoms with E-state index in [-0.39, 0.29) is 0 Å². The lowest BCUT2D eigenvalue weighted by Gasteiger charge is -2.11. The van der Waals surface area contributed by atoms with Crippen LogP contribution in [0.15, 0.2) is 30.3 Å². The monoisotopic (exact) mass is 224 g/mol. The Morgan fingerprint density at radius 1 is 1.38 bits per heavy atom. The van der Waals surface area contributed by atoms with E-state index >= 15 is 0 Å². The third-order valence-corrected chi connectivity index (χ3v) is 1.81. The summed E-state index contributed by atoms with van der Waals surface area (Å²) in [5, 5.41) is 8.27. The van der Waals surface area contributed by atoms with Crippen LogP contribution in [-0.4, -0.2) is 23.6 Å². The van der Waals surface area contributed by atoms with Gasteiger partial charge in [0.25, 0.3) is 5.91 Å². The fourth-order valence-corrected chi connectivity index (χ4v) is 1.04. The van der Waals surface area contributed by atoms with Crippen molar-refractivity contribution in [3.8, 4) is 0 Å². The van der Waals surface area contributed by atoms with Crippen molar-refractivity contribution < 1.29 is 19.5 Å². The summed E-state index contributed by atoms with van der Waals surface area (Å²) in [6, 6.07) is 7.81. The minimum absolute atomic E-state index is 0.590. The minimum atomic E-state index is -1.17. The quantitative estimate of drug-likeness (QED) is 0.602. The van der Waals surface area contributed by atoms with Crippen molar-refractivity contribution in [2.75, 3.05) is 6.61 Å². The second-order valence-electron chi connectivity index (χ2n) is 3.04. The number of hydroxylamine groups is 1. The van der Waals surface area contributed by atoms with Crippen molar-refractivity contribution in [1.82, 2.24) is 5.48 Å². The largest absolute Gasteiger partial charge is 0.479 e. The molecule has 0 saturated carbocycles. The van der Waals surface area contributed by atoms with E-state index in [0.29, 0.717) is 5.56 Å². The first-order valence-electron chi connectivity index (χ1n) is 4.55. The van der Waals surface area contributed by atoms with E-state index in [1.54, 1.807) is 30.3 Å². The lowest BCUT2D eigenvalue weighted by molar-refractivity contribution is -0.149. The van der Waals surface area contributed by atoms with Crippen molar-refractivity contribution in [2.24, 2.45) is 5.73 Å². The van der Waals surface area contributed by atoms with Gasteiger partial charge in [0.05, 0.1) is 0 Å². The average molecular weight is 224 g/mol. The third kappa shape index (κ3) is 3.68. The molecule has 0 spiro atoms. The number of aliphatic carboxylic acids is 1. The molecule has 16 heavy (non-hydrogen) atoms. The van der Waals surface area contributed by atoms with Gasteiger partial charge >= 0.3 is 5.97 Å². The van der Waals surface area contributed by atoms with Crippen LogP contribution in [0.3, 0.4) is 0 Å². The Morgan fingerprint density at radius 2 is 2.00 bits per heavy atom. The average Bonchev–Trinajstić information content (AvgIpc) is 2.28. The summed E-state index contributed by atoms with van der Waals surface area (Å²) >= 11 is 0. The maximum Gasteiger partial charge on any atom is 0.332 e. The molecule has 1 rings (SSSR count). The molecule has 6 heteroatoms. The number of carboxylic acids is 1. The Labute approximate surface area is 92.0 Å². The number of nitrogens with two attached hydrogens (primary N) is 1. The lowest BCUT2D eigenvalue weighted by atomic mass is 10.1. The van der Waals surface area contributed by atoms with Crippen LogP contribution in [0.25, 0.3) is 0 Å². The predicted molar refractivity (Wildman–Crippen MR) is 55.1 cm³/mol. The summed E-state index contributed by atoms with van der Waals surface area (Å²) in [4.78, 5) is 25.9. The highest BCUT2D eigenvalue weighted by Crippen LogP contribution is 2.08. The van der Waals surface area contributed by atoms with Crippen molar-refractivity contribution in [3.63, 3.8) is 0 Å². The molecule has 1 aromatic carbocycles. The van der Waals surface area contributed by atoms with Crippen LogP contribution in [0.2, 0.25) is 0 Å². The molecule has 0 aliphatic heterocycles. The Bertz CT molecular complexity index is 366. The van der Waals surface area contributed by atoms with Crippen LogP contribution in [-0.2, 0) is 14.4 Å². The molecule has 0 aliphatic rings. The van der Waals surface area contributed by atoms with E-state index in [1.165, 1.54) is 0 Å². The van der Waals surface area contributed by atoms with Gasteiger partial charge in [0.2, 0.25) is 0 Å². The fourth-order valence-electron chi connectivity index (χ4n) is 1.04. The van der Waals surface area contributed by atoms with Gasteiger partial charge in [-0.25, -0.2) is 10.3 Å². The molecule has 4 N–H and O–H groups in total. The van der Waals surface area contributed by atoms with Crippen LogP contribution in [0.1, 0.15) is 11.6 Å². The molecule has 0 heterocycles. The molecule has 6 nitrogen and oxygen atoms in total. The van der Waals surface area contributed by atoms with Crippen LogP contribution in [0.5, 0.6) is 0 Å². The Morgan fingerprint density at radius 3 is 2.56 bits per heavy atom. The van der Waals surface area contributed by atoms with Crippen molar-refractivity contribution in [2.45, 2.75) is 6.04 Å². The standard InChI is InChI=1S/C10H12N2O4/c11-9(7-4-2-1-3-5-7)10(15)12-16-6-8(13)14/h1-5,9H,6,11H2,(H,12,15)(H,13,14)/t9-/m1/s1. The first-order chi connectivity index (χ1) is 7.61. The summed E-state index contributed by atoms with van der Waals surface area (Å²) in [5.41, 5.74) is 8.21. The molecule has 0 radical (unpaired) electrons. The van der Waals surface area contributed by atoms with Crippen LogP contribution < -0.4 is 11.2 Å². The molecule has 0 aromatic heterocycles. The number of carboxylic acid groups (broad SMARTS) is 1. The number of carbonyl (C=O) groups is 2. The summed E-state index contributed by atoms with van der Waals surface area (Å²) in [7, 11) is 0. The maximum absolute atomic E-state index is 11.4. The zero-order chi connectivity index (χ0) is 12.0. The molecule has 0 saturated heterocycles. The van der Waals surface area contributed by atoms with Gasteiger partial charge in [0.15, 0.2) is 6.61 Å². The fraction of sp³-hybridized carbons (Fsp3) is 0.200. The molecule has 0 fully saturated rings. The second-order valence-corrected chi connectivity index (χ2v) is 3.04. The summed E-state index contributed by atoms with van der Waals surface area (Å²) < 4.78 is 0. The third-order valence-electron chi connectivity index (χ3n) is 1.81. The molecule has 1 atom stereocenters. The highest BCUT2D eigenvalue weighted by atomic mass is 16.7. The molecule has 0 aliphatic carbocycles. The van der Waals surface area contributed by atoms with E-state index in [2.05, 4.69) is 4.84 Å². The predicted octanol–water partition coefficient (Wildman–Crippen LogP) is -0.181. The van der Waals surface area contributed by atoms with Gasteiger partial charge < -0.3 is 10.8 Å². The number of nitrogens with one attached hydrogen (secondary N) is 1. The topological polar surface area (TPSA) is 102 Å². The normalized spacial score (nSPS) is 11.8. The zero-order valence-corrected chi connectivity index (χ0v) is 8.42. The lowest BCUT2D eigenvalue weighted by Crippen LogP contribution is -2.35. The molecule has 86 valence electrons. The molecular formula is C10H12N2O4. The first-order valence-corrected chi connectivity index (χ1v) is 4.55. The van der Waals surface area contributed by atoms with Crippen LogP contribution >= 0.6 is 0 Å². The van der Waals surface area contributed by atoms with Gasteiger partial charge in [-0.3, -0.25) is 9.63 Å². The molecule has 0 bridgehead atoms. The number of carbonyl (C=O) groups excluding carboxylic acids is 1. The number of hydrogen-bond donors (Lipinski definition) is 3. The van der Waals surface area contributed by atoms with Crippen molar-refractivity contribution in [3.05, 3.63) is 35.9 Å². The Kier molecular flexibility index (Phi) is 4.43. The number of benzene rings is 1. The molecular weight excluding hydrogens is 212 g/mol. The Balaban J connectivity index is 2.45. The summed E-state index contributed by atoms with van der Waals surface area (Å²) in [5.74, 6) is -1.76. The van der Waals surface area contributed by atoms with Gasteiger partial charge in [-0.2, -0.15) is 0 Å². The van der Waals surface area contributed by atoms with E-state index in [4.69, 9.17) is 10.8 Å². The highest BCUT2D eigenvalue weighted by Gasteiger charge is 2.15. The summed E-state index contributed by atoms with van der Waals surface area (Å²) in [6.45, 7) is -0.604. The molecule has 0 unspecified atom stereocenters. The molecule has 1 aromatic rings. The van der Waals surface area contributed by atoms with Gasteiger partial charge in [0.1, 0.15) is 6.04 Å². The van der Waals surface area contributed by atoms with Gasteiger partial charge in [-0.15, -0.1) is 0 Å². The second kappa shape index (κ2) is 5.84. The molecule has 1 amide bonds. The van der Waals surface area contributed by atoms with Crippen molar-refractivity contribution in [1.29, 1.82) is 0 Å². The Hall–Kier alpha value is -1.92. The number of hydrogen-bond acceptors (Lipinski definition) is 4. The van der Waals surface area contributed by atoms with Crippen LogP contribution in [0, 0.1) is 0 Å². The van der Waals surface area contributed by atoms with E-state index < -0.39 is 24.5 Å². The summed E-state index contributed by atoms with van der Waals surface area (Å²) in [6.07, 6.45) is 0. The number of rotatable bonds is 5. The maximum atomic E-state index is 11.4. The van der Waals surface area contributed by atoms with E-state index in [1.807, 2.05) is 5.48 Å². The zero-order valence-electron chi connectivity index (χ0n) is 8.42. The minimum Gasteiger partial charge on any atom is -0.479 e. The van der Waals surface area contributed by atoms with Gasteiger partial charge in [0, 0.05) is 0 Å². The van der Waals surface area contributed by atoms with Crippen LogP contribution in [0.4, 0.5) is 0 Å². The van der Waals surface area contributed by atoms with E-state index in [0.717, 1.165) is 0 Å². The van der Waals surface area contributed by atoms with Crippen molar-refractivity contribution >= 4 is 11.9 Å². The van der Waals surface area contributed by atoms with E-state index in [9.17, 15) is 9.59 Å². The first kappa shape index (κ1) is 12.2. The van der Waals surface area contributed by atoms with Gasteiger partial charge in [-0.05, 0) is 5.56 Å². The highest BCUT2D eigenvalue weighted by molar-refractivity contribution is 5.82. The SMILES string of the molecule is N[C@@H](C(=O)NOCC(=O)O)c1ccccc1. The van der Waals surface area contributed by atoms with Gasteiger partial charge in [-0.1, -0.05) is 30.3 Å². The number of amides is 1.